The topological polar surface area (TPSA) is 49.8 Å². The van der Waals surface area contributed by atoms with Crippen LogP contribution in [0.25, 0.3) is 0 Å². The summed E-state index contributed by atoms with van der Waals surface area (Å²) in [7, 11) is 0. The SMILES string of the molecule is CCCCC(CCCOc1ccc(CN2CC(C(=O)O)C2)cc1)Cc1ccc(C)c(C)c1. The summed E-state index contributed by atoms with van der Waals surface area (Å²) in [5.41, 5.74) is 5.42. The second-order valence-electron chi connectivity index (χ2n) is 9.49. The summed E-state index contributed by atoms with van der Waals surface area (Å²) in [6.07, 6.45) is 7.27. The van der Waals surface area contributed by atoms with E-state index in [1.54, 1.807) is 0 Å². The Labute approximate surface area is 193 Å². The standard InChI is InChI=1S/C28H39NO3/c1-4-5-7-23(17-25-10-9-21(2)22(3)16-25)8-6-15-32-27-13-11-24(12-14-27)18-29-19-26(20-29)28(30)31/h9-14,16,23,26H,4-8,15,17-20H2,1-3H3,(H,30,31). The number of hydrogen-bond donors (Lipinski definition) is 1. The van der Waals surface area contributed by atoms with Crippen molar-refractivity contribution in [3.05, 3.63) is 64.7 Å². The molecule has 0 amide bonds. The van der Waals surface area contributed by atoms with Crippen LogP contribution in [0.5, 0.6) is 5.75 Å². The monoisotopic (exact) mass is 437 g/mol. The van der Waals surface area contributed by atoms with E-state index in [1.165, 1.54) is 47.9 Å². The number of likely N-dealkylation sites (tertiary alicyclic amines) is 1. The Morgan fingerprint density at radius 3 is 2.38 bits per heavy atom. The van der Waals surface area contributed by atoms with Crippen LogP contribution in [0.2, 0.25) is 0 Å². The quantitative estimate of drug-likeness (QED) is 0.389. The van der Waals surface area contributed by atoms with Gasteiger partial charge in [0.1, 0.15) is 5.75 Å². The number of nitrogens with zero attached hydrogens (tertiary/aromatic N) is 1. The molecule has 1 aliphatic rings. The average Bonchev–Trinajstić information content (AvgIpc) is 2.74. The van der Waals surface area contributed by atoms with Crippen molar-refractivity contribution in [1.82, 2.24) is 4.90 Å². The second kappa shape index (κ2) is 12.1. The summed E-state index contributed by atoms with van der Waals surface area (Å²) < 4.78 is 6.00. The summed E-state index contributed by atoms with van der Waals surface area (Å²) in [6, 6.07) is 15.2. The van der Waals surface area contributed by atoms with E-state index in [0.29, 0.717) is 19.0 Å². The third-order valence-corrected chi connectivity index (χ3v) is 6.72. The van der Waals surface area contributed by atoms with Crippen molar-refractivity contribution in [3.63, 3.8) is 0 Å². The zero-order chi connectivity index (χ0) is 22.9. The van der Waals surface area contributed by atoms with Crippen LogP contribution in [0.3, 0.4) is 0 Å². The molecule has 0 radical (unpaired) electrons. The Balaban J connectivity index is 1.39. The number of unbranched alkanes of at least 4 members (excludes halogenated alkanes) is 1. The highest BCUT2D eigenvalue weighted by atomic mass is 16.5. The van der Waals surface area contributed by atoms with Crippen molar-refractivity contribution in [2.24, 2.45) is 11.8 Å². The molecule has 4 heteroatoms. The van der Waals surface area contributed by atoms with E-state index in [9.17, 15) is 4.79 Å². The molecule has 1 unspecified atom stereocenters. The number of hydrogen-bond acceptors (Lipinski definition) is 3. The van der Waals surface area contributed by atoms with Crippen molar-refractivity contribution in [1.29, 1.82) is 0 Å². The fraction of sp³-hybridized carbons (Fsp3) is 0.536. The van der Waals surface area contributed by atoms with E-state index in [0.717, 1.165) is 31.7 Å². The molecule has 2 aromatic carbocycles. The van der Waals surface area contributed by atoms with Crippen LogP contribution in [0.15, 0.2) is 42.5 Å². The second-order valence-corrected chi connectivity index (χ2v) is 9.49. The van der Waals surface area contributed by atoms with Crippen molar-refractivity contribution in [2.45, 2.75) is 65.8 Å². The first-order valence-corrected chi connectivity index (χ1v) is 12.2. The van der Waals surface area contributed by atoms with Gasteiger partial charge >= 0.3 is 5.97 Å². The third-order valence-electron chi connectivity index (χ3n) is 6.72. The first kappa shape index (κ1) is 24.3. The van der Waals surface area contributed by atoms with Crippen LogP contribution in [0, 0.1) is 25.7 Å². The molecular weight excluding hydrogens is 398 g/mol. The zero-order valence-corrected chi connectivity index (χ0v) is 20.0. The van der Waals surface area contributed by atoms with E-state index in [4.69, 9.17) is 9.84 Å². The fourth-order valence-corrected chi connectivity index (χ4v) is 4.47. The number of benzene rings is 2. The van der Waals surface area contributed by atoms with Crippen LogP contribution in [-0.2, 0) is 17.8 Å². The molecule has 1 atom stereocenters. The zero-order valence-electron chi connectivity index (χ0n) is 20.0. The van der Waals surface area contributed by atoms with Crippen molar-refractivity contribution < 1.29 is 14.6 Å². The largest absolute Gasteiger partial charge is 0.494 e. The van der Waals surface area contributed by atoms with Crippen molar-refractivity contribution in [2.75, 3.05) is 19.7 Å². The predicted molar refractivity (Wildman–Crippen MR) is 130 cm³/mol. The molecule has 0 saturated carbocycles. The molecular formula is C28H39NO3. The lowest BCUT2D eigenvalue weighted by Crippen LogP contribution is -2.49. The highest BCUT2D eigenvalue weighted by molar-refractivity contribution is 5.71. The van der Waals surface area contributed by atoms with Gasteiger partial charge in [-0.1, -0.05) is 56.5 Å². The number of carboxylic acid groups (broad SMARTS) is 1. The maximum atomic E-state index is 10.9. The molecule has 1 aliphatic heterocycles. The maximum absolute atomic E-state index is 10.9. The molecule has 1 N–H and O–H groups in total. The van der Waals surface area contributed by atoms with E-state index in [-0.39, 0.29) is 5.92 Å². The summed E-state index contributed by atoms with van der Waals surface area (Å²) in [4.78, 5) is 13.1. The van der Waals surface area contributed by atoms with Gasteiger partial charge in [-0.05, 0) is 73.4 Å². The van der Waals surface area contributed by atoms with Gasteiger partial charge in [0.15, 0.2) is 0 Å². The molecule has 1 saturated heterocycles. The highest BCUT2D eigenvalue weighted by Gasteiger charge is 2.32. The van der Waals surface area contributed by atoms with Gasteiger partial charge in [-0.15, -0.1) is 0 Å². The Hall–Kier alpha value is -2.33. The van der Waals surface area contributed by atoms with E-state index in [2.05, 4.69) is 56.0 Å². The van der Waals surface area contributed by atoms with Crippen molar-refractivity contribution in [3.8, 4) is 5.75 Å². The summed E-state index contributed by atoms with van der Waals surface area (Å²) in [5, 5.41) is 8.98. The first-order chi connectivity index (χ1) is 15.4. The smallest absolute Gasteiger partial charge is 0.309 e. The Morgan fingerprint density at radius 1 is 1.03 bits per heavy atom. The van der Waals surface area contributed by atoms with Crippen LogP contribution >= 0.6 is 0 Å². The minimum atomic E-state index is -0.684. The van der Waals surface area contributed by atoms with Crippen LogP contribution in [0.1, 0.15) is 61.3 Å². The van der Waals surface area contributed by atoms with Gasteiger partial charge in [-0.3, -0.25) is 9.69 Å². The van der Waals surface area contributed by atoms with Gasteiger partial charge in [0.25, 0.3) is 0 Å². The molecule has 0 bridgehead atoms. The molecule has 0 aromatic heterocycles. The number of ether oxygens (including phenoxy) is 1. The molecule has 2 aromatic rings. The predicted octanol–water partition coefficient (Wildman–Crippen LogP) is 6.03. The lowest BCUT2D eigenvalue weighted by molar-refractivity contribution is -0.147. The molecule has 0 aliphatic carbocycles. The molecule has 4 nitrogen and oxygen atoms in total. The Bertz CT molecular complexity index is 855. The summed E-state index contributed by atoms with van der Waals surface area (Å²) >= 11 is 0. The normalized spacial score (nSPS) is 15.3. The number of aliphatic carboxylic acids is 1. The highest BCUT2D eigenvalue weighted by Crippen LogP contribution is 2.23. The van der Waals surface area contributed by atoms with Gasteiger partial charge in [-0.2, -0.15) is 0 Å². The van der Waals surface area contributed by atoms with Gasteiger partial charge in [0.2, 0.25) is 0 Å². The minimum Gasteiger partial charge on any atom is -0.494 e. The van der Waals surface area contributed by atoms with Gasteiger partial charge in [0.05, 0.1) is 12.5 Å². The molecule has 32 heavy (non-hydrogen) atoms. The number of rotatable bonds is 13. The molecule has 1 heterocycles. The molecule has 174 valence electrons. The maximum Gasteiger partial charge on any atom is 0.309 e. The molecule has 1 fully saturated rings. The first-order valence-electron chi connectivity index (χ1n) is 12.2. The van der Waals surface area contributed by atoms with Crippen LogP contribution < -0.4 is 4.74 Å². The average molecular weight is 438 g/mol. The number of carboxylic acids is 1. The fourth-order valence-electron chi connectivity index (χ4n) is 4.47. The van der Waals surface area contributed by atoms with E-state index in [1.807, 2.05) is 12.1 Å². The Morgan fingerprint density at radius 2 is 1.72 bits per heavy atom. The molecule has 3 rings (SSSR count). The summed E-state index contributed by atoms with van der Waals surface area (Å²) in [6.45, 7) is 9.51. The third kappa shape index (κ3) is 7.37. The van der Waals surface area contributed by atoms with E-state index >= 15 is 0 Å². The minimum absolute atomic E-state index is 0.200. The lowest BCUT2D eigenvalue weighted by Gasteiger charge is -2.36. The Kier molecular flexibility index (Phi) is 9.16. The van der Waals surface area contributed by atoms with Crippen LogP contribution in [0.4, 0.5) is 0 Å². The number of carbonyl (C=O) groups is 1. The van der Waals surface area contributed by atoms with Gasteiger partial charge in [-0.25, -0.2) is 0 Å². The van der Waals surface area contributed by atoms with Crippen molar-refractivity contribution >= 4 is 5.97 Å². The lowest BCUT2D eigenvalue weighted by atomic mass is 9.89. The summed E-state index contributed by atoms with van der Waals surface area (Å²) in [5.74, 6) is 0.749. The van der Waals surface area contributed by atoms with Gasteiger partial charge in [0, 0.05) is 19.6 Å². The van der Waals surface area contributed by atoms with Gasteiger partial charge < -0.3 is 9.84 Å². The van der Waals surface area contributed by atoms with Crippen LogP contribution in [-0.4, -0.2) is 35.7 Å². The van der Waals surface area contributed by atoms with E-state index < -0.39 is 5.97 Å². The number of aryl methyl sites for hydroxylation is 2. The molecule has 0 spiro atoms.